The number of carbonyl (C=O) groups is 1. The highest BCUT2D eigenvalue weighted by Crippen LogP contribution is 2.35. The van der Waals surface area contributed by atoms with Gasteiger partial charge < -0.3 is 14.2 Å². The van der Waals surface area contributed by atoms with Gasteiger partial charge in [-0.05, 0) is 23.8 Å². The van der Waals surface area contributed by atoms with E-state index in [9.17, 15) is 14.0 Å². The van der Waals surface area contributed by atoms with Crippen molar-refractivity contribution in [2.24, 2.45) is 7.05 Å². The lowest BCUT2D eigenvalue weighted by Crippen LogP contribution is -2.34. The molecule has 0 amide bonds. The number of rotatable bonds is 8. The number of carbonyl (C=O) groups excluding carboxylic acids is 1. The minimum Gasteiger partial charge on any atom is -0.489 e. The zero-order valence-corrected chi connectivity index (χ0v) is 20.0. The van der Waals surface area contributed by atoms with Gasteiger partial charge in [0.2, 0.25) is 11.7 Å². The number of methoxy groups -OCH3 is 1. The summed E-state index contributed by atoms with van der Waals surface area (Å²) in [6.45, 7) is 0. The number of ketones is 1. The summed E-state index contributed by atoms with van der Waals surface area (Å²) in [4.78, 5) is 32.5. The molecule has 0 N–H and O–H groups in total. The number of Topliss-reactive ketones (excluding diaryl/α,β-unsaturated/α-hetero) is 1. The standard InChI is InChI=1S/C25H22ClFN4O4/c1-30(22(16-7-5-4-6-8-16)18-12-17(27)9-10-19(18)26)25-29-21(23(34-3)24(33)31(25)2)20(32)11-15-13-28-35-14-15/h4-10,12-14,22H,11H2,1-3H3. The van der Waals surface area contributed by atoms with Crippen molar-refractivity contribution in [2.45, 2.75) is 12.5 Å². The Balaban J connectivity index is 1.87. The predicted octanol–water partition coefficient (Wildman–Crippen LogP) is 4.22. The van der Waals surface area contributed by atoms with Gasteiger partial charge in [0, 0.05) is 36.7 Å². The molecule has 2 aromatic heterocycles. The Labute approximate surface area is 205 Å². The minimum atomic E-state index is -0.619. The molecule has 0 radical (unpaired) electrons. The van der Waals surface area contributed by atoms with E-state index in [2.05, 4.69) is 10.1 Å². The van der Waals surface area contributed by atoms with Gasteiger partial charge in [0.05, 0.1) is 19.3 Å². The minimum absolute atomic E-state index is 0.0823. The summed E-state index contributed by atoms with van der Waals surface area (Å²) in [5.74, 6) is -0.915. The molecule has 180 valence electrons. The molecule has 0 aliphatic rings. The van der Waals surface area contributed by atoms with E-state index in [0.717, 1.165) is 5.56 Å². The molecule has 2 aromatic carbocycles. The number of anilines is 1. The molecular formula is C25H22ClFN4O4. The first kappa shape index (κ1) is 24.2. The van der Waals surface area contributed by atoms with Crippen molar-refractivity contribution < 1.29 is 18.4 Å². The summed E-state index contributed by atoms with van der Waals surface area (Å²) in [6, 6.07) is 12.7. The molecule has 8 nitrogen and oxygen atoms in total. The SMILES string of the molecule is COc1c(C(=O)Cc2cnoc2)nc(N(C)C(c2ccccc2)c2cc(F)ccc2Cl)n(C)c1=O. The number of hydrogen-bond acceptors (Lipinski definition) is 7. The first-order chi connectivity index (χ1) is 16.8. The van der Waals surface area contributed by atoms with Crippen molar-refractivity contribution in [2.75, 3.05) is 19.1 Å². The van der Waals surface area contributed by atoms with Crippen molar-refractivity contribution in [3.05, 3.63) is 105 Å². The van der Waals surface area contributed by atoms with Crippen LogP contribution in [0.15, 0.2) is 70.3 Å². The Morgan fingerprint density at radius 2 is 2.00 bits per heavy atom. The number of benzene rings is 2. The molecule has 4 rings (SSSR count). The molecule has 0 aliphatic carbocycles. The predicted molar refractivity (Wildman–Crippen MR) is 129 cm³/mol. The molecule has 2 heterocycles. The van der Waals surface area contributed by atoms with E-state index >= 15 is 0 Å². The van der Waals surface area contributed by atoms with Crippen molar-refractivity contribution >= 4 is 23.3 Å². The summed E-state index contributed by atoms with van der Waals surface area (Å²) < 4.78 is 25.6. The molecule has 0 saturated heterocycles. The number of nitrogens with zero attached hydrogens (tertiary/aromatic N) is 4. The lowest BCUT2D eigenvalue weighted by Gasteiger charge is -2.32. The summed E-state index contributed by atoms with van der Waals surface area (Å²) in [5, 5.41) is 3.94. The summed E-state index contributed by atoms with van der Waals surface area (Å²) in [6.07, 6.45) is 2.67. The van der Waals surface area contributed by atoms with Gasteiger partial charge in [-0.2, -0.15) is 0 Å². The van der Waals surface area contributed by atoms with Gasteiger partial charge in [0.25, 0.3) is 5.56 Å². The van der Waals surface area contributed by atoms with Crippen LogP contribution < -0.4 is 15.2 Å². The zero-order chi connectivity index (χ0) is 25.1. The molecule has 35 heavy (non-hydrogen) atoms. The van der Waals surface area contributed by atoms with Gasteiger partial charge in [-0.15, -0.1) is 0 Å². The van der Waals surface area contributed by atoms with Gasteiger partial charge in [-0.1, -0.05) is 47.1 Å². The Hall–Kier alpha value is -3.98. The first-order valence-corrected chi connectivity index (χ1v) is 11.0. The molecule has 4 aromatic rings. The summed E-state index contributed by atoms with van der Waals surface area (Å²) >= 11 is 6.48. The largest absolute Gasteiger partial charge is 0.489 e. The fraction of sp³-hybridized carbons (Fsp3) is 0.200. The molecule has 0 aliphatic heterocycles. The van der Waals surface area contributed by atoms with Crippen LogP contribution in [0.2, 0.25) is 5.02 Å². The van der Waals surface area contributed by atoms with Crippen molar-refractivity contribution in [3.63, 3.8) is 0 Å². The number of ether oxygens (including phenoxy) is 1. The van der Waals surface area contributed by atoms with Crippen LogP contribution in [0, 0.1) is 5.82 Å². The fourth-order valence-corrected chi connectivity index (χ4v) is 4.15. The van der Waals surface area contributed by atoms with E-state index in [0.29, 0.717) is 16.1 Å². The average molecular weight is 497 g/mol. The van der Waals surface area contributed by atoms with Crippen LogP contribution in [-0.4, -0.2) is 34.6 Å². The maximum absolute atomic E-state index is 14.3. The molecule has 1 atom stereocenters. The topological polar surface area (TPSA) is 90.5 Å². The number of halogens is 2. The molecule has 0 spiro atoms. The van der Waals surface area contributed by atoms with Gasteiger partial charge in [-0.25, -0.2) is 9.37 Å². The number of hydrogen-bond donors (Lipinski definition) is 0. The lowest BCUT2D eigenvalue weighted by molar-refractivity contribution is 0.0984. The summed E-state index contributed by atoms with van der Waals surface area (Å²) in [5.41, 5.74) is 1.11. The second-order valence-corrected chi connectivity index (χ2v) is 8.29. The van der Waals surface area contributed by atoms with E-state index in [1.165, 1.54) is 49.4 Å². The summed E-state index contributed by atoms with van der Waals surface area (Å²) in [7, 11) is 4.52. The molecule has 0 saturated carbocycles. The van der Waals surface area contributed by atoms with Gasteiger partial charge >= 0.3 is 0 Å². The van der Waals surface area contributed by atoms with E-state index in [1.54, 1.807) is 11.9 Å². The quantitative estimate of drug-likeness (QED) is 0.337. The van der Waals surface area contributed by atoms with E-state index in [1.807, 2.05) is 30.3 Å². The van der Waals surface area contributed by atoms with Gasteiger partial charge in [-0.3, -0.25) is 14.2 Å². The second-order valence-electron chi connectivity index (χ2n) is 7.88. The molecular weight excluding hydrogens is 475 g/mol. The third kappa shape index (κ3) is 4.81. The van der Waals surface area contributed by atoms with Crippen LogP contribution in [-0.2, 0) is 13.5 Å². The van der Waals surface area contributed by atoms with E-state index in [4.69, 9.17) is 20.9 Å². The Morgan fingerprint density at radius 1 is 1.26 bits per heavy atom. The maximum Gasteiger partial charge on any atom is 0.297 e. The molecule has 0 bridgehead atoms. The Bertz CT molecular complexity index is 1410. The monoisotopic (exact) mass is 496 g/mol. The first-order valence-electron chi connectivity index (χ1n) is 10.6. The number of aromatic nitrogens is 3. The molecule has 1 unspecified atom stereocenters. The van der Waals surface area contributed by atoms with E-state index < -0.39 is 23.2 Å². The normalized spacial score (nSPS) is 11.8. The highest BCUT2D eigenvalue weighted by atomic mass is 35.5. The van der Waals surface area contributed by atoms with Crippen LogP contribution in [0.25, 0.3) is 0 Å². The Morgan fingerprint density at radius 3 is 2.66 bits per heavy atom. The van der Waals surface area contributed by atoms with Gasteiger partial charge in [0.15, 0.2) is 11.5 Å². The highest BCUT2D eigenvalue weighted by Gasteiger charge is 2.29. The van der Waals surface area contributed by atoms with E-state index in [-0.39, 0.29) is 23.8 Å². The average Bonchev–Trinajstić information content (AvgIpc) is 3.36. The highest BCUT2D eigenvalue weighted by molar-refractivity contribution is 6.31. The Kier molecular flexibility index (Phi) is 6.97. The van der Waals surface area contributed by atoms with Crippen LogP contribution in [0.4, 0.5) is 10.3 Å². The van der Waals surface area contributed by atoms with Crippen LogP contribution in [0.5, 0.6) is 5.75 Å². The molecule has 0 fully saturated rings. The maximum atomic E-state index is 14.3. The lowest BCUT2D eigenvalue weighted by atomic mass is 9.97. The van der Waals surface area contributed by atoms with Gasteiger partial charge in [0.1, 0.15) is 12.1 Å². The van der Waals surface area contributed by atoms with Crippen LogP contribution in [0.3, 0.4) is 0 Å². The fourth-order valence-electron chi connectivity index (χ4n) is 3.93. The van der Waals surface area contributed by atoms with Crippen LogP contribution in [0.1, 0.15) is 33.2 Å². The smallest absolute Gasteiger partial charge is 0.297 e. The van der Waals surface area contributed by atoms with Crippen molar-refractivity contribution in [1.29, 1.82) is 0 Å². The third-order valence-electron chi connectivity index (χ3n) is 5.61. The van der Waals surface area contributed by atoms with Crippen molar-refractivity contribution in [3.8, 4) is 5.75 Å². The third-order valence-corrected chi connectivity index (χ3v) is 5.96. The zero-order valence-electron chi connectivity index (χ0n) is 19.2. The molecule has 10 heteroatoms. The van der Waals surface area contributed by atoms with Crippen LogP contribution >= 0.6 is 11.6 Å². The second kappa shape index (κ2) is 10.1. The van der Waals surface area contributed by atoms with Crippen molar-refractivity contribution in [1.82, 2.24) is 14.7 Å².